The smallest absolute Gasteiger partial charge is 0.341 e. The van der Waals surface area contributed by atoms with Crippen molar-refractivity contribution in [2.24, 2.45) is 4.99 Å². The number of amides is 2. The second-order valence-electron chi connectivity index (χ2n) is 7.73. The summed E-state index contributed by atoms with van der Waals surface area (Å²) in [6, 6.07) is 24.0. The van der Waals surface area contributed by atoms with E-state index in [-0.39, 0.29) is 5.56 Å². The first-order valence-electron chi connectivity index (χ1n) is 11.0. The Labute approximate surface area is 204 Å². The summed E-state index contributed by atoms with van der Waals surface area (Å²) < 4.78 is 11.4. The fraction of sp³-hybridized carbons (Fsp3) is 0.107. The van der Waals surface area contributed by atoms with Gasteiger partial charge in [-0.1, -0.05) is 60.7 Å². The van der Waals surface area contributed by atoms with Crippen LogP contribution in [0.1, 0.15) is 34.5 Å². The van der Waals surface area contributed by atoms with E-state index in [1.807, 2.05) is 60.7 Å². The maximum Gasteiger partial charge on any atom is 0.341 e. The van der Waals surface area contributed by atoms with Crippen molar-refractivity contribution >= 4 is 23.9 Å². The van der Waals surface area contributed by atoms with E-state index in [0.29, 0.717) is 17.1 Å². The van der Waals surface area contributed by atoms with Crippen LogP contribution >= 0.6 is 0 Å². The summed E-state index contributed by atoms with van der Waals surface area (Å²) in [6.07, 6.45) is 6.01. The van der Waals surface area contributed by atoms with Crippen molar-refractivity contribution in [1.82, 2.24) is 4.90 Å². The molecule has 7 heteroatoms. The number of hydrogen-bond acceptors (Lipinski definition) is 5. The molecule has 176 valence electrons. The summed E-state index contributed by atoms with van der Waals surface area (Å²) in [5.41, 5.74) is 3.14. The average Bonchev–Trinajstić information content (AvgIpc) is 3.12. The molecule has 4 rings (SSSR count). The monoisotopic (exact) mass is 467 g/mol. The maximum absolute atomic E-state index is 12.8. The number of nitrogens with zero attached hydrogens (tertiary/aromatic N) is 2. The molecule has 2 amide bonds. The van der Waals surface area contributed by atoms with Gasteiger partial charge in [0.25, 0.3) is 0 Å². The standard InChI is InChI=1S/C28H25N3O4/c1-20-19-29-16-9-17-31(20)28(33)30-23-14-15-25(24(18-23)27(32)34-2)35-26(21-10-5-3-6-11-21)22-12-7-4-8-13-22/h3-19,26H,1-2H3,(H,30,33). The molecule has 0 bridgehead atoms. The van der Waals surface area contributed by atoms with E-state index in [9.17, 15) is 9.59 Å². The van der Waals surface area contributed by atoms with Crippen LogP contribution in [0.2, 0.25) is 0 Å². The van der Waals surface area contributed by atoms with Crippen LogP contribution in [0.25, 0.3) is 0 Å². The molecule has 0 unspecified atom stereocenters. The van der Waals surface area contributed by atoms with Crippen molar-refractivity contribution in [1.29, 1.82) is 0 Å². The molecular formula is C28H25N3O4. The highest BCUT2D eigenvalue weighted by molar-refractivity contribution is 5.97. The Balaban J connectivity index is 1.65. The predicted octanol–water partition coefficient (Wildman–Crippen LogP) is 5.93. The van der Waals surface area contributed by atoms with Gasteiger partial charge in [0.05, 0.1) is 7.11 Å². The van der Waals surface area contributed by atoms with Crippen molar-refractivity contribution in [3.63, 3.8) is 0 Å². The lowest BCUT2D eigenvalue weighted by atomic mass is 10.0. The predicted molar refractivity (Wildman–Crippen MR) is 135 cm³/mol. The van der Waals surface area contributed by atoms with Gasteiger partial charge in [-0.2, -0.15) is 0 Å². The molecule has 1 heterocycles. The second-order valence-corrected chi connectivity index (χ2v) is 7.73. The molecule has 1 N–H and O–H groups in total. The number of carbonyl (C=O) groups is 2. The maximum atomic E-state index is 12.8. The first-order valence-corrected chi connectivity index (χ1v) is 11.0. The van der Waals surface area contributed by atoms with Crippen molar-refractivity contribution in [3.8, 4) is 5.75 Å². The quantitative estimate of drug-likeness (QED) is 0.455. The molecule has 3 aromatic rings. The molecule has 0 fully saturated rings. The third-order valence-corrected chi connectivity index (χ3v) is 5.35. The van der Waals surface area contributed by atoms with Gasteiger partial charge in [-0.25, -0.2) is 9.59 Å². The minimum atomic E-state index is -0.574. The van der Waals surface area contributed by atoms with E-state index >= 15 is 0 Å². The lowest BCUT2D eigenvalue weighted by molar-refractivity contribution is 0.0594. The molecular weight excluding hydrogens is 442 g/mol. The van der Waals surface area contributed by atoms with Gasteiger partial charge in [-0.15, -0.1) is 0 Å². The lowest BCUT2D eigenvalue weighted by Gasteiger charge is -2.22. The molecule has 1 aliphatic rings. The Morgan fingerprint density at radius 3 is 2.23 bits per heavy atom. The van der Waals surface area contributed by atoms with E-state index in [1.165, 1.54) is 12.0 Å². The van der Waals surface area contributed by atoms with E-state index in [4.69, 9.17) is 9.47 Å². The zero-order chi connectivity index (χ0) is 24.6. The number of aliphatic imine (C=N–C) groups is 1. The summed E-state index contributed by atoms with van der Waals surface area (Å²) in [5, 5.41) is 2.81. The molecule has 0 spiro atoms. The van der Waals surface area contributed by atoms with Crippen molar-refractivity contribution in [2.75, 3.05) is 12.4 Å². The minimum absolute atomic E-state index is 0.198. The molecule has 7 nitrogen and oxygen atoms in total. The highest BCUT2D eigenvalue weighted by Gasteiger charge is 2.22. The number of methoxy groups -OCH3 is 1. The number of urea groups is 1. The average molecular weight is 468 g/mol. The van der Waals surface area contributed by atoms with Gasteiger partial charge >= 0.3 is 12.0 Å². The van der Waals surface area contributed by atoms with Crippen molar-refractivity contribution in [2.45, 2.75) is 13.0 Å². The SMILES string of the molecule is COC(=O)c1cc(NC(=O)N2C=CC=NC=C2C)ccc1OC(c1ccccc1)c1ccccc1. The number of esters is 1. The Kier molecular flexibility index (Phi) is 7.37. The zero-order valence-electron chi connectivity index (χ0n) is 19.4. The van der Waals surface area contributed by atoms with Gasteiger partial charge in [0.15, 0.2) is 0 Å². The number of benzene rings is 3. The van der Waals surface area contributed by atoms with Crippen molar-refractivity contribution < 1.29 is 19.1 Å². The topological polar surface area (TPSA) is 80.2 Å². The fourth-order valence-corrected chi connectivity index (χ4v) is 3.61. The Morgan fingerprint density at radius 2 is 1.60 bits per heavy atom. The molecule has 0 saturated carbocycles. The van der Waals surface area contributed by atoms with E-state index in [1.54, 1.807) is 49.8 Å². The van der Waals surface area contributed by atoms with Gasteiger partial charge in [-0.3, -0.25) is 9.89 Å². The largest absolute Gasteiger partial charge is 0.480 e. The van der Waals surface area contributed by atoms with Gasteiger partial charge in [0.1, 0.15) is 17.4 Å². The third kappa shape index (κ3) is 5.65. The third-order valence-electron chi connectivity index (χ3n) is 5.35. The highest BCUT2D eigenvalue weighted by atomic mass is 16.5. The molecule has 0 atom stereocenters. The number of carbonyl (C=O) groups excluding carboxylic acids is 2. The van der Waals surface area contributed by atoms with Crippen LogP contribution in [0, 0.1) is 0 Å². The minimum Gasteiger partial charge on any atom is -0.480 e. The van der Waals surface area contributed by atoms with Gasteiger partial charge in [-0.05, 0) is 42.3 Å². The van der Waals surface area contributed by atoms with E-state index < -0.39 is 18.1 Å². The summed E-state index contributed by atoms with van der Waals surface area (Å²) >= 11 is 0. The normalized spacial score (nSPS) is 12.7. The molecule has 35 heavy (non-hydrogen) atoms. The Morgan fingerprint density at radius 1 is 0.943 bits per heavy atom. The number of nitrogens with one attached hydrogen (secondary N) is 1. The van der Waals surface area contributed by atoms with Gasteiger partial charge < -0.3 is 14.8 Å². The molecule has 0 saturated heterocycles. The number of ether oxygens (including phenoxy) is 2. The van der Waals surface area contributed by atoms with Crippen LogP contribution in [-0.2, 0) is 4.74 Å². The molecule has 0 radical (unpaired) electrons. The number of rotatable bonds is 6. The molecule has 3 aromatic carbocycles. The van der Waals surface area contributed by atoms with E-state index in [0.717, 1.165) is 11.1 Å². The second kappa shape index (κ2) is 11.0. The van der Waals surface area contributed by atoms with Crippen LogP contribution in [0.15, 0.2) is 108 Å². The molecule has 1 aliphatic heterocycles. The summed E-state index contributed by atoms with van der Waals surface area (Å²) in [5.74, 6) is -0.234. The number of anilines is 1. The molecule has 0 aromatic heterocycles. The van der Waals surface area contributed by atoms with Crippen LogP contribution in [0.4, 0.5) is 10.5 Å². The van der Waals surface area contributed by atoms with Crippen molar-refractivity contribution in [3.05, 3.63) is 120 Å². The summed E-state index contributed by atoms with van der Waals surface area (Å²) in [4.78, 5) is 31.0. The number of hydrogen-bond donors (Lipinski definition) is 1. The molecule has 0 aliphatic carbocycles. The van der Waals surface area contributed by atoms with E-state index in [2.05, 4.69) is 10.3 Å². The Hall–Kier alpha value is -4.65. The van der Waals surface area contributed by atoms with Gasteiger partial charge in [0.2, 0.25) is 0 Å². The first kappa shape index (κ1) is 23.5. The van der Waals surface area contributed by atoms with Crippen LogP contribution in [-0.4, -0.2) is 30.2 Å². The summed E-state index contributed by atoms with van der Waals surface area (Å²) in [6.45, 7) is 1.77. The number of allylic oxidation sites excluding steroid dienone is 2. The lowest BCUT2D eigenvalue weighted by Crippen LogP contribution is -2.29. The summed E-state index contributed by atoms with van der Waals surface area (Å²) in [7, 11) is 1.30. The highest BCUT2D eigenvalue weighted by Crippen LogP contribution is 2.32. The van der Waals surface area contributed by atoms with Crippen LogP contribution < -0.4 is 10.1 Å². The first-order chi connectivity index (χ1) is 17.1. The van der Waals surface area contributed by atoms with Crippen LogP contribution in [0.3, 0.4) is 0 Å². The fourth-order valence-electron chi connectivity index (χ4n) is 3.61. The zero-order valence-corrected chi connectivity index (χ0v) is 19.4. The van der Waals surface area contributed by atoms with Crippen LogP contribution in [0.5, 0.6) is 5.75 Å². The van der Waals surface area contributed by atoms with Gasteiger partial charge in [0, 0.05) is 30.0 Å². The Bertz CT molecular complexity index is 1240.